The fourth-order valence-corrected chi connectivity index (χ4v) is 5.79. The number of nitrogens with zero attached hydrogens (tertiary/aromatic N) is 2. The number of benzene rings is 5. The fourth-order valence-electron chi connectivity index (χ4n) is 5.79. The van der Waals surface area contributed by atoms with E-state index in [9.17, 15) is 9.59 Å². The Kier molecular flexibility index (Phi) is 5.18. The third kappa shape index (κ3) is 3.54. The molecule has 1 atom stereocenters. The van der Waals surface area contributed by atoms with Gasteiger partial charge in [-0.25, -0.2) is 0 Å². The highest BCUT2D eigenvalue weighted by atomic mass is 16.5. The van der Waals surface area contributed by atoms with E-state index in [0.717, 1.165) is 41.2 Å². The maximum atomic E-state index is 13.1. The molecule has 7 nitrogen and oxygen atoms in total. The molecule has 0 spiro atoms. The van der Waals surface area contributed by atoms with Crippen molar-refractivity contribution >= 4 is 61.7 Å². The summed E-state index contributed by atoms with van der Waals surface area (Å²) in [6, 6.07) is 22.0. The number of anilines is 1. The van der Waals surface area contributed by atoms with Gasteiger partial charge in [0.05, 0.1) is 24.4 Å². The number of methoxy groups -OCH3 is 1. The van der Waals surface area contributed by atoms with Gasteiger partial charge in [0.25, 0.3) is 11.8 Å². The molecular weight excluding hydrogens is 478 g/mol. The van der Waals surface area contributed by atoms with Crippen LogP contribution in [-0.2, 0) is 4.79 Å². The zero-order valence-electron chi connectivity index (χ0n) is 20.9. The van der Waals surface area contributed by atoms with Crippen molar-refractivity contribution < 1.29 is 19.1 Å². The largest absolute Gasteiger partial charge is 0.493 e. The van der Waals surface area contributed by atoms with E-state index in [-0.39, 0.29) is 24.5 Å². The molecule has 2 aliphatic heterocycles. The van der Waals surface area contributed by atoms with Crippen molar-refractivity contribution in [3.8, 4) is 11.5 Å². The van der Waals surface area contributed by atoms with Crippen LogP contribution >= 0.6 is 0 Å². The van der Waals surface area contributed by atoms with Crippen LogP contribution in [0.5, 0.6) is 11.5 Å². The normalized spacial score (nSPS) is 16.6. The molecule has 1 fully saturated rings. The summed E-state index contributed by atoms with van der Waals surface area (Å²) < 4.78 is 11.4. The van der Waals surface area contributed by atoms with Crippen molar-refractivity contribution in [1.82, 2.24) is 4.90 Å². The van der Waals surface area contributed by atoms with Crippen molar-refractivity contribution in [1.29, 1.82) is 0 Å². The Morgan fingerprint density at radius 2 is 1.76 bits per heavy atom. The fraction of sp³-hybridized carbons (Fsp3) is 0.194. The topological polar surface area (TPSA) is 80.2 Å². The molecule has 0 unspecified atom stereocenters. The molecular formula is C31H25N3O4. The molecule has 0 saturated carbocycles. The SMILES string of the molecule is COc1cc2c(cc1OCC(=O)Nc1ccc3ccc4cccc5ccc1c3c45)N=C[C@@H]1CCCN1C2=O. The smallest absolute Gasteiger partial charge is 0.262 e. The highest BCUT2D eigenvalue weighted by Crippen LogP contribution is 2.39. The van der Waals surface area contributed by atoms with Crippen molar-refractivity contribution in [2.45, 2.75) is 18.9 Å². The summed E-state index contributed by atoms with van der Waals surface area (Å²) in [5, 5.41) is 9.80. The summed E-state index contributed by atoms with van der Waals surface area (Å²) >= 11 is 0. The number of hydrogen-bond donors (Lipinski definition) is 1. The minimum Gasteiger partial charge on any atom is -0.493 e. The molecule has 5 aromatic carbocycles. The number of aliphatic imine (C=N–C) groups is 1. The van der Waals surface area contributed by atoms with Gasteiger partial charge in [-0.15, -0.1) is 0 Å². The molecule has 5 aromatic rings. The number of nitrogens with one attached hydrogen (secondary N) is 1. The third-order valence-corrected chi connectivity index (χ3v) is 7.62. The first-order valence-corrected chi connectivity index (χ1v) is 12.8. The average Bonchev–Trinajstić information content (AvgIpc) is 3.38. The standard InChI is InChI=1S/C31H25N3O4/c1-37-26-14-23-25(32-16-21-6-3-13-34(21)31(23)36)15-27(26)38-17-28(35)33-24-12-10-20-8-7-18-4-2-5-19-9-11-22(24)30(20)29(18)19/h2,4-5,7-12,14-16,21H,3,6,13,17H2,1H3,(H,33,35)/t21-/m0/s1. The Balaban J connectivity index is 1.15. The van der Waals surface area contributed by atoms with Crippen molar-refractivity contribution in [3.05, 3.63) is 72.3 Å². The van der Waals surface area contributed by atoms with Gasteiger partial charge in [0, 0.05) is 29.9 Å². The van der Waals surface area contributed by atoms with Crippen LogP contribution < -0.4 is 14.8 Å². The van der Waals surface area contributed by atoms with E-state index in [1.54, 1.807) is 12.1 Å². The molecule has 2 amide bonds. The number of hydrogen-bond acceptors (Lipinski definition) is 5. The van der Waals surface area contributed by atoms with E-state index in [0.29, 0.717) is 22.7 Å². The first-order chi connectivity index (χ1) is 18.6. The lowest BCUT2D eigenvalue weighted by atomic mass is 9.93. The summed E-state index contributed by atoms with van der Waals surface area (Å²) in [6.07, 6.45) is 3.71. The first kappa shape index (κ1) is 22.5. The maximum absolute atomic E-state index is 13.1. The number of carbonyl (C=O) groups is 2. The Hall–Kier alpha value is -4.65. The Labute approximate surface area is 219 Å². The van der Waals surface area contributed by atoms with Crippen LogP contribution in [0.3, 0.4) is 0 Å². The molecule has 1 saturated heterocycles. The van der Waals surface area contributed by atoms with Crippen LogP contribution in [0.15, 0.2) is 71.7 Å². The Bertz CT molecular complexity index is 1760. The predicted octanol–water partition coefficient (Wildman–Crippen LogP) is 5.93. The third-order valence-electron chi connectivity index (χ3n) is 7.62. The molecule has 2 aliphatic rings. The van der Waals surface area contributed by atoms with E-state index in [2.05, 4.69) is 52.8 Å². The predicted molar refractivity (Wildman–Crippen MR) is 149 cm³/mol. The first-order valence-electron chi connectivity index (χ1n) is 12.8. The Morgan fingerprint density at radius 3 is 2.58 bits per heavy atom. The van der Waals surface area contributed by atoms with Gasteiger partial charge in [-0.3, -0.25) is 14.6 Å². The van der Waals surface area contributed by atoms with Crippen LogP contribution in [0.2, 0.25) is 0 Å². The lowest BCUT2D eigenvalue weighted by Crippen LogP contribution is -2.35. The van der Waals surface area contributed by atoms with E-state index in [1.807, 2.05) is 23.2 Å². The monoisotopic (exact) mass is 503 g/mol. The molecule has 7 heteroatoms. The number of fused-ring (bicyclic) bond motifs is 2. The molecule has 0 aliphatic carbocycles. The lowest BCUT2D eigenvalue weighted by molar-refractivity contribution is -0.118. The average molecular weight is 504 g/mol. The molecule has 2 heterocycles. The number of rotatable bonds is 5. The minimum atomic E-state index is -0.294. The van der Waals surface area contributed by atoms with E-state index < -0.39 is 0 Å². The van der Waals surface area contributed by atoms with Crippen molar-refractivity contribution in [2.75, 3.05) is 25.6 Å². The van der Waals surface area contributed by atoms with Gasteiger partial charge in [-0.1, -0.05) is 48.5 Å². The van der Waals surface area contributed by atoms with Gasteiger partial charge in [0.2, 0.25) is 0 Å². The number of ether oxygens (including phenoxy) is 2. The van der Waals surface area contributed by atoms with Gasteiger partial charge in [-0.05, 0) is 51.9 Å². The van der Waals surface area contributed by atoms with Gasteiger partial charge in [0.15, 0.2) is 18.1 Å². The Morgan fingerprint density at radius 1 is 1.00 bits per heavy atom. The highest BCUT2D eigenvalue weighted by Gasteiger charge is 2.32. The maximum Gasteiger partial charge on any atom is 0.262 e. The van der Waals surface area contributed by atoms with Gasteiger partial charge < -0.3 is 19.7 Å². The zero-order chi connectivity index (χ0) is 25.8. The molecule has 7 rings (SSSR count). The minimum absolute atomic E-state index is 0.0151. The van der Waals surface area contributed by atoms with Crippen molar-refractivity contribution in [2.24, 2.45) is 4.99 Å². The summed E-state index contributed by atoms with van der Waals surface area (Å²) in [5.74, 6) is 0.401. The van der Waals surface area contributed by atoms with Crippen LogP contribution in [0.25, 0.3) is 32.3 Å². The second-order valence-corrected chi connectivity index (χ2v) is 9.81. The van der Waals surface area contributed by atoms with E-state index >= 15 is 0 Å². The van der Waals surface area contributed by atoms with Crippen LogP contribution in [0.4, 0.5) is 11.4 Å². The zero-order valence-corrected chi connectivity index (χ0v) is 20.9. The van der Waals surface area contributed by atoms with Crippen LogP contribution in [-0.4, -0.2) is 49.2 Å². The molecule has 1 N–H and O–H groups in total. The highest BCUT2D eigenvalue weighted by molar-refractivity contribution is 6.25. The summed E-state index contributed by atoms with van der Waals surface area (Å²) in [6.45, 7) is 0.502. The van der Waals surface area contributed by atoms with Gasteiger partial charge >= 0.3 is 0 Å². The number of amides is 2. The molecule has 0 aromatic heterocycles. The van der Waals surface area contributed by atoms with Crippen LogP contribution in [0, 0.1) is 0 Å². The van der Waals surface area contributed by atoms with E-state index in [1.165, 1.54) is 23.3 Å². The molecule has 0 radical (unpaired) electrons. The van der Waals surface area contributed by atoms with Crippen LogP contribution in [0.1, 0.15) is 23.2 Å². The summed E-state index contributed by atoms with van der Waals surface area (Å²) in [4.78, 5) is 32.5. The second kappa shape index (κ2) is 8.73. The molecule has 188 valence electrons. The molecule has 0 bridgehead atoms. The lowest BCUT2D eigenvalue weighted by Gasteiger charge is -2.20. The van der Waals surface area contributed by atoms with E-state index in [4.69, 9.17) is 9.47 Å². The summed E-state index contributed by atoms with van der Waals surface area (Å²) in [5.41, 5.74) is 1.73. The molecule has 38 heavy (non-hydrogen) atoms. The van der Waals surface area contributed by atoms with Crippen molar-refractivity contribution in [3.63, 3.8) is 0 Å². The summed E-state index contributed by atoms with van der Waals surface area (Å²) in [7, 11) is 1.52. The number of carbonyl (C=O) groups excluding carboxylic acids is 2. The van der Waals surface area contributed by atoms with Gasteiger partial charge in [0.1, 0.15) is 0 Å². The van der Waals surface area contributed by atoms with Gasteiger partial charge in [-0.2, -0.15) is 0 Å². The quantitative estimate of drug-likeness (QED) is 0.302. The second-order valence-electron chi connectivity index (χ2n) is 9.81.